The van der Waals surface area contributed by atoms with Crippen LogP contribution in [0.3, 0.4) is 0 Å². The summed E-state index contributed by atoms with van der Waals surface area (Å²) in [6.45, 7) is 0. The van der Waals surface area contributed by atoms with Gasteiger partial charge in [0.2, 0.25) is 5.95 Å². The average Bonchev–Trinajstić information content (AvgIpc) is 3.02. The topological polar surface area (TPSA) is 40.7 Å². The van der Waals surface area contributed by atoms with Gasteiger partial charge in [0.1, 0.15) is 0 Å². The van der Waals surface area contributed by atoms with Crippen molar-refractivity contribution in [1.82, 2.24) is 9.97 Å². The Labute approximate surface area is 112 Å². The molecule has 0 aliphatic heterocycles. The lowest BCUT2D eigenvalue weighted by molar-refractivity contribution is 0.747. The van der Waals surface area contributed by atoms with Crippen molar-refractivity contribution in [3.05, 3.63) is 35.5 Å². The van der Waals surface area contributed by atoms with Crippen molar-refractivity contribution in [3.63, 3.8) is 0 Å². The molecule has 1 aromatic carbocycles. The Balaban J connectivity index is 1.74. The summed E-state index contributed by atoms with van der Waals surface area (Å²) in [7, 11) is 0. The number of halogens is 1. The molecule has 94 valence electrons. The van der Waals surface area contributed by atoms with Crippen LogP contribution in [0.2, 0.25) is 5.02 Å². The zero-order chi connectivity index (χ0) is 12.4. The van der Waals surface area contributed by atoms with E-state index in [0.29, 0.717) is 6.04 Å². The van der Waals surface area contributed by atoms with Gasteiger partial charge in [0.15, 0.2) is 0 Å². The Morgan fingerprint density at radius 3 is 2.61 bits per heavy atom. The van der Waals surface area contributed by atoms with Crippen LogP contribution in [0.15, 0.2) is 30.5 Å². The second kappa shape index (κ2) is 5.02. The molecule has 0 radical (unpaired) electrons. The molecule has 1 fully saturated rings. The van der Waals surface area contributed by atoms with Crippen LogP contribution in [0.1, 0.15) is 25.7 Å². The largest absolute Gasteiger partial charge is 0.353 e. The summed E-state index contributed by atoms with van der Waals surface area (Å²) in [6.07, 6.45) is 7.00. The Morgan fingerprint density at radius 1 is 1.17 bits per heavy atom. The first-order chi connectivity index (χ1) is 8.81. The van der Waals surface area contributed by atoms with E-state index in [-0.39, 0.29) is 0 Å². The van der Waals surface area contributed by atoms with Crippen molar-refractivity contribution in [1.29, 1.82) is 0 Å². The van der Waals surface area contributed by atoms with Crippen LogP contribution in [0.5, 0.6) is 0 Å². The third-order valence-electron chi connectivity index (χ3n) is 3.43. The quantitative estimate of drug-likeness (QED) is 0.874. The van der Waals surface area contributed by atoms with Gasteiger partial charge in [-0.3, -0.25) is 0 Å². The number of hydrogen-bond acceptors (Lipinski definition) is 2. The van der Waals surface area contributed by atoms with Crippen LogP contribution in [-0.4, -0.2) is 16.0 Å². The van der Waals surface area contributed by atoms with E-state index in [4.69, 9.17) is 11.6 Å². The molecule has 2 N–H and O–H groups in total. The van der Waals surface area contributed by atoms with Crippen LogP contribution in [0, 0.1) is 0 Å². The van der Waals surface area contributed by atoms with Crippen molar-refractivity contribution in [3.8, 4) is 11.3 Å². The fourth-order valence-electron chi connectivity index (χ4n) is 2.43. The smallest absolute Gasteiger partial charge is 0.200 e. The number of rotatable bonds is 3. The van der Waals surface area contributed by atoms with E-state index in [2.05, 4.69) is 15.3 Å². The Hall–Kier alpha value is -1.48. The molecule has 0 bridgehead atoms. The standard InChI is InChI=1S/C14H16ClN3/c15-11-7-5-10(6-8-11)13-9-16-14(18-13)17-12-3-1-2-4-12/h5-9,12H,1-4H2,(H2,16,17,18). The highest BCUT2D eigenvalue weighted by Gasteiger charge is 2.15. The monoisotopic (exact) mass is 261 g/mol. The van der Waals surface area contributed by atoms with Gasteiger partial charge in [-0.25, -0.2) is 4.98 Å². The first kappa shape index (κ1) is 11.6. The fraction of sp³-hybridized carbons (Fsp3) is 0.357. The first-order valence-corrected chi connectivity index (χ1v) is 6.76. The molecule has 1 heterocycles. The Kier molecular flexibility index (Phi) is 3.24. The van der Waals surface area contributed by atoms with Crippen LogP contribution in [0.25, 0.3) is 11.3 Å². The van der Waals surface area contributed by atoms with E-state index >= 15 is 0 Å². The van der Waals surface area contributed by atoms with E-state index in [0.717, 1.165) is 22.2 Å². The SMILES string of the molecule is Clc1ccc(-c2cnc(NC3CCCC3)[nH]2)cc1. The minimum Gasteiger partial charge on any atom is -0.353 e. The van der Waals surface area contributed by atoms with Crippen LogP contribution >= 0.6 is 11.6 Å². The second-order valence-corrected chi connectivity index (χ2v) is 5.21. The molecule has 0 amide bonds. The van der Waals surface area contributed by atoms with Crippen LogP contribution in [0.4, 0.5) is 5.95 Å². The van der Waals surface area contributed by atoms with Crippen molar-refractivity contribution in [2.45, 2.75) is 31.7 Å². The van der Waals surface area contributed by atoms with Gasteiger partial charge in [-0.15, -0.1) is 0 Å². The molecule has 18 heavy (non-hydrogen) atoms. The normalized spacial score (nSPS) is 16.1. The molecule has 3 nitrogen and oxygen atoms in total. The maximum Gasteiger partial charge on any atom is 0.200 e. The minimum absolute atomic E-state index is 0.578. The number of aromatic amines is 1. The van der Waals surface area contributed by atoms with E-state index in [9.17, 15) is 0 Å². The van der Waals surface area contributed by atoms with Crippen LogP contribution < -0.4 is 5.32 Å². The van der Waals surface area contributed by atoms with E-state index < -0.39 is 0 Å². The highest BCUT2D eigenvalue weighted by molar-refractivity contribution is 6.30. The zero-order valence-electron chi connectivity index (χ0n) is 10.1. The predicted molar refractivity (Wildman–Crippen MR) is 74.9 cm³/mol. The van der Waals surface area contributed by atoms with Gasteiger partial charge in [-0.2, -0.15) is 0 Å². The van der Waals surface area contributed by atoms with Gasteiger partial charge in [0.05, 0.1) is 11.9 Å². The average molecular weight is 262 g/mol. The molecule has 3 rings (SSSR count). The lowest BCUT2D eigenvalue weighted by Crippen LogP contribution is -2.15. The number of hydrogen-bond donors (Lipinski definition) is 2. The molecular formula is C14H16ClN3. The predicted octanol–water partition coefficient (Wildman–Crippen LogP) is 4.08. The molecule has 1 aliphatic rings. The van der Waals surface area contributed by atoms with E-state index in [1.54, 1.807) is 0 Å². The van der Waals surface area contributed by atoms with Gasteiger partial charge in [0.25, 0.3) is 0 Å². The van der Waals surface area contributed by atoms with E-state index in [1.165, 1.54) is 25.7 Å². The van der Waals surface area contributed by atoms with Gasteiger partial charge >= 0.3 is 0 Å². The number of H-pyrrole nitrogens is 1. The summed E-state index contributed by atoms with van der Waals surface area (Å²) in [5, 5.41) is 4.20. The number of benzene rings is 1. The fourth-order valence-corrected chi connectivity index (χ4v) is 2.56. The number of nitrogens with one attached hydrogen (secondary N) is 2. The molecule has 0 saturated heterocycles. The number of anilines is 1. The lowest BCUT2D eigenvalue weighted by atomic mass is 10.2. The van der Waals surface area contributed by atoms with Gasteiger partial charge in [-0.05, 0) is 30.5 Å². The van der Waals surface area contributed by atoms with Gasteiger partial charge in [-0.1, -0.05) is 36.6 Å². The molecular weight excluding hydrogens is 246 g/mol. The molecule has 0 atom stereocenters. The molecule has 1 aromatic heterocycles. The van der Waals surface area contributed by atoms with Crippen LogP contribution in [-0.2, 0) is 0 Å². The van der Waals surface area contributed by atoms with Crippen molar-refractivity contribution < 1.29 is 0 Å². The summed E-state index contributed by atoms with van der Waals surface area (Å²) in [5.74, 6) is 0.867. The van der Waals surface area contributed by atoms with Crippen molar-refractivity contribution >= 4 is 17.5 Å². The Morgan fingerprint density at radius 2 is 1.89 bits per heavy atom. The van der Waals surface area contributed by atoms with Crippen molar-refractivity contribution in [2.24, 2.45) is 0 Å². The summed E-state index contributed by atoms with van der Waals surface area (Å²) in [4.78, 5) is 7.69. The third-order valence-corrected chi connectivity index (χ3v) is 3.68. The van der Waals surface area contributed by atoms with Crippen molar-refractivity contribution in [2.75, 3.05) is 5.32 Å². The number of aromatic nitrogens is 2. The maximum atomic E-state index is 5.88. The summed E-state index contributed by atoms with van der Waals surface area (Å²) >= 11 is 5.88. The third kappa shape index (κ3) is 2.51. The Bertz CT molecular complexity index is 512. The zero-order valence-corrected chi connectivity index (χ0v) is 10.9. The summed E-state index contributed by atoms with van der Waals surface area (Å²) < 4.78 is 0. The van der Waals surface area contributed by atoms with Gasteiger partial charge < -0.3 is 10.3 Å². The maximum absolute atomic E-state index is 5.88. The lowest BCUT2D eigenvalue weighted by Gasteiger charge is -2.09. The highest BCUT2D eigenvalue weighted by atomic mass is 35.5. The minimum atomic E-state index is 0.578. The molecule has 0 unspecified atom stereocenters. The number of imidazole rings is 1. The molecule has 0 spiro atoms. The first-order valence-electron chi connectivity index (χ1n) is 6.39. The summed E-state index contributed by atoms with van der Waals surface area (Å²) in [5.41, 5.74) is 2.12. The second-order valence-electron chi connectivity index (χ2n) is 4.78. The highest BCUT2D eigenvalue weighted by Crippen LogP contribution is 2.24. The van der Waals surface area contributed by atoms with E-state index in [1.807, 2.05) is 30.5 Å². The molecule has 1 aliphatic carbocycles. The molecule has 1 saturated carbocycles. The van der Waals surface area contributed by atoms with Gasteiger partial charge in [0, 0.05) is 11.1 Å². The number of nitrogens with zero attached hydrogens (tertiary/aromatic N) is 1. The molecule has 2 aromatic rings. The summed E-state index contributed by atoms with van der Waals surface area (Å²) in [6, 6.07) is 8.35. The molecule has 4 heteroatoms.